The normalized spacial score (nSPS) is 14.4. The van der Waals surface area contributed by atoms with Crippen LogP contribution in [-0.4, -0.2) is 23.9 Å². The van der Waals surface area contributed by atoms with Crippen molar-refractivity contribution in [2.24, 2.45) is 5.73 Å². The lowest BCUT2D eigenvalue weighted by Crippen LogP contribution is -2.27. The van der Waals surface area contributed by atoms with Crippen LogP contribution in [0, 0.1) is 0 Å². The van der Waals surface area contributed by atoms with Crippen molar-refractivity contribution in [3.05, 3.63) is 59.7 Å². The van der Waals surface area contributed by atoms with E-state index >= 15 is 0 Å². The molecular weight excluding hydrogens is 260 g/mol. The van der Waals surface area contributed by atoms with Crippen LogP contribution in [0.1, 0.15) is 28.8 Å². The summed E-state index contributed by atoms with van der Waals surface area (Å²) in [7, 11) is 0. The lowest BCUT2D eigenvalue weighted by molar-refractivity contribution is 0.0793. The van der Waals surface area contributed by atoms with Crippen molar-refractivity contribution in [2.45, 2.75) is 19.4 Å². The first-order chi connectivity index (χ1) is 10.3. The zero-order valence-electron chi connectivity index (χ0n) is 12.1. The molecule has 0 aromatic heterocycles. The zero-order valence-corrected chi connectivity index (χ0v) is 12.1. The fourth-order valence-electron chi connectivity index (χ4n) is 2.88. The van der Waals surface area contributed by atoms with Crippen LogP contribution in [0.5, 0.6) is 0 Å². The SMILES string of the molecule is NCc1ccccc1-c1ccc(C(=O)N2CCCC2)cc1. The number of likely N-dealkylation sites (tertiary alicyclic amines) is 1. The summed E-state index contributed by atoms with van der Waals surface area (Å²) in [5.74, 6) is 0.145. The van der Waals surface area contributed by atoms with Crippen LogP contribution in [0.15, 0.2) is 48.5 Å². The zero-order chi connectivity index (χ0) is 14.7. The van der Waals surface area contributed by atoms with Crippen LogP contribution < -0.4 is 5.73 Å². The van der Waals surface area contributed by atoms with Crippen LogP contribution >= 0.6 is 0 Å². The maximum absolute atomic E-state index is 12.3. The Hall–Kier alpha value is -2.13. The lowest BCUT2D eigenvalue weighted by atomic mass is 9.98. The van der Waals surface area contributed by atoms with Crippen molar-refractivity contribution >= 4 is 5.91 Å². The molecule has 1 fully saturated rings. The molecule has 1 amide bonds. The molecule has 21 heavy (non-hydrogen) atoms. The molecule has 1 heterocycles. The number of hydrogen-bond donors (Lipinski definition) is 1. The van der Waals surface area contributed by atoms with Crippen molar-refractivity contribution in [3.8, 4) is 11.1 Å². The van der Waals surface area contributed by atoms with E-state index in [-0.39, 0.29) is 5.91 Å². The van der Waals surface area contributed by atoms with E-state index in [1.165, 1.54) is 0 Å². The summed E-state index contributed by atoms with van der Waals surface area (Å²) in [6.07, 6.45) is 2.24. The van der Waals surface area contributed by atoms with Crippen LogP contribution in [-0.2, 0) is 6.54 Å². The highest BCUT2D eigenvalue weighted by molar-refractivity contribution is 5.94. The summed E-state index contributed by atoms with van der Waals surface area (Å²) in [6, 6.07) is 16.0. The quantitative estimate of drug-likeness (QED) is 0.939. The average molecular weight is 280 g/mol. The molecule has 1 saturated heterocycles. The number of carbonyl (C=O) groups is 1. The fourth-order valence-corrected chi connectivity index (χ4v) is 2.88. The lowest BCUT2D eigenvalue weighted by Gasteiger charge is -2.15. The number of amides is 1. The third-order valence-corrected chi connectivity index (χ3v) is 4.07. The van der Waals surface area contributed by atoms with Gasteiger partial charge in [-0.3, -0.25) is 4.79 Å². The first-order valence-electron chi connectivity index (χ1n) is 7.47. The Labute approximate surface area is 125 Å². The van der Waals surface area contributed by atoms with Crippen LogP contribution in [0.4, 0.5) is 0 Å². The third kappa shape index (κ3) is 2.83. The van der Waals surface area contributed by atoms with Gasteiger partial charge >= 0.3 is 0 Å². The molecule has 3 nitrogen and oxygen atoms in total. The van der Waals surface area contributed by atoms with Gasteiger partial charge in [0.15, 0.2) is 0 Å². The molecule has 0 unspecified atom stereocenters. The molecule has 0 saturated carbocycles. The minimum absolute atomic E-state index is 0.145. The molecule has 0 bridgehead atoms. The van der Waals surface area contributed by atoms with Crippen molar-refractivity contribution in [1.82, 2.24) is 4.90 Å². The Balaban J connectivity index is 1.85. The highest BCUT2D eigenvalue weighted by Crippen LogP contribution is 2.24. The second kappa shape index (κ2) is 6.10. The first kappa shape index (κ1) is 13.8. The van der Waals surface area contributed by atoms with E-state index in [0.717, 1.165) is 48.2 Å². The van der Waals surface area contributed by atoms with Gasteiger partial charge in [-0.2, -0.15) is 0 Å². The molecular formula is C18H20N2O. The van der Waals surface area contributed by atoms with Gasteiger partial charge in [0, 0.05) is 25.2 Å². The predicted octanol–water partition coefficient (Wildman–Crippen LogP) is 3.05. The second-order valence-corrected chi connectivity index (χ2v) is 5.44. The molecule has 0 radical (unpaired) electrons. The Bertz CT molecular complexity index is 628. The van der Waals surface area contributed by atoms with Crippen molar-refractivity contribution in [1.29, 1.82) is 0 Å². The van der Waals surface area contributed by atoms with Gasteiger partial charge in [-0.05, 0) is 41.7 Å². The van der Waals surface area contributed by atoms with Gasteiger partial charge in [0.1, 0.15) is 0 Å². The summed E-state index contributed by atoms with van der Waals surface area (Å²) >= 11 is 0. The fraction of sp³-hybridized carbons (Fsp3) is 0.278. The highest BCUT2D eigenvalue weighted by Gasteiger charge is 2.19. The van der Waals surface area contributed by atoms with Gasteiger partial charge in [0.05, 0.1) is 0 Å². The van der Waals surface area contributed by atoms with Crippen molar-refractivity contribution in [2.75, 3.05) is 13.1 Å². The van der Waals surface area contributed by atoms with E-state index in [2.05, 4.69) is 6.07 Å². The topological polar surface area (TPSA) is 46.3 Å². The molecule has 2 aromatic rings. The van der Waals surface area contributed by atoms with Crippen LogP contribution in [0.3, 0.4) is 0 Å². The number of hydrogen-bond acceptors (Lipinski definition) is 2. The Morgan fingerprint density at radius 2 is 1.67 bits per heavy atom. The van der Waals surface area contributed by atoms with Crippen molar-refractivity contribution < 1.29 is 4.79 Å². The Morgan fingerprint density at radius 1 is 1.00 bits per heavy atom. The number of nitrogens with zero attached hydrogens (tertiary/aromatic N) is 1. The van der Waals surface area contributed by atoms with E-state index in [0.29, 0.717) is 6.54 Å². The molecule has 1 aliphatic rings. The maximum atomic E-state index is 12.3. The van der Waals surface area contributed by atoms with Crippen molar-refractivity contribution in [3.63, 3.8) is 0 Å². The summed E-state index contributed by atoms with van der Waals surface area (Å²) < 4.78 is 0. The van der Waals surface area contributed by atoms with E-state index in [1.807, 2.05) is 47.4 Å². The largest absolute Gasteiger partial charge is 0.339 e. The third-order valence-electron chi connectivity index (χ3n) is 4.07. The van der Waals surface area contributed by atoms with Gasteiger partial charge in [0.2, 0.25) is 0 Å². The van der Waals surface area contributed by atoms with Gasteiger partial charge < -0.3 is 10.6 Å². The van der Waals surface area contributed by atoms with Gasteiger partial charge in [0.25, 0.3) is 5.91 Å². The van der Waals surface area contributed by atoms with E-state index in [4.69, 9.17) is 5.73 Å². The van der Waals surface area contributed by atoms with Gasteiger partial charge in [-0.1, -0.05) is 36.4 Å². The summed E-state index contributed by atoms with van der Waals surface area (Å²) in [5, 5.41) is 0. The molecule has 2 N–H and O–H groups in total. The maximum Gasteiger partial charge on any atom is 0.253 e. The molecule has 3 heteroatoms. The number of rotatable bonds is 3. The number of nitrogens with two attached hydrogens (primary N) is 1. The van der Waals surface area contributed by atoms with Gasteiger partial charge in [-0.25, -0.2) is 0 Å². The monoisotopic (exact) mass is 280 g/mol. The summed E-state index contributed by atoms with van der Waals surface area (Å²) in [4.78, 5) is 14.3. The average Bonchev–Trinajstić information content (AvgIpc) is 3.09. The first-order valence-corrected chi connectivity index (χ1v) is 7.47. The molecule has 3 rings (SSSR count). The number of carbonyl (C=O) groups excluding carboxylic acids is 1. The molecule has 108 valence electrons. The smallest absolute Gasteiger partial charge is 0.253 e. The standard InChI is InChI=1S/C18H20N2O/c19-13-16-5-1-2-6-17(16)14-7-9-15(10-8-14)18(21)20-11-3-4-12-20/h1-2,5-10H,3-4,11-13,19H2. The minimum atomic E-state index is 0.145. The molecule has 2 aromatic carbocycles. The minimum Gasteiger partial charge on any atom is -0.339 e. The second-order valence-electron chi connectivity index (χ2n) is 5.44. The summed E-state index contributed by atoms with van der Waals surface area (Å²) in [5.41, 5.74) is 9.92. The van der Waals surface area contributed by atoms with Crippen LogP contribution in [0.25, 0.3) is 11.1 Å². The molecule has 0 aliphatic carbocycles. The molecule has 0 atom stereocenters. The Kier molecular flexibility index (Phi) is 4.02. The molecule has 0 spiro atoms. The van der Waals surface area contributed by atoms with Gasteiger partial charge in [-0.15, -0.1) is 0 Å². The summed E-state index contributed by atoms with van der Waals surface area (Å²) in [6.45, 7) is 2.29. The van der Waals surface area contributed by atoms with E-state index in [9.17, 15) is 4.79 Å². The Morgan fingerprint density at radius 3 is 2.33 bits per heavy atom. The molecule has 1 aliphatic heterocycles. The van der Waals surface area contributed by atoms with Crippen LogP contribution in [0.2, 0.25) is 0 Å². The van der Waals surface area contributed by atoms with E-state index < -0.39 is 0 Å². The predicted molar refractivity (Wildman–Crippen MR) is 84.9 cm³/mol. The van der Waals surface area contributed by atoms with E-state index in [1.54, 1.807) is 0 Å². The number of benzene rings is 2. The highest BCUT2D eigenvalue weighted by atomic mass is 16.2.